The number of para-hydroxylation sites is 1. The Kier molecular flexibility index (Phi) is 5.38. The van der Waals surface area contributed by atoms with E-state index in [9.17, 15) is 14.3 Å². The summed E-state index contributed by atoms with van der Waals surface area (Å²) in [4.78, 5) is 19.7. The van der Waals surface area contributed by atoms with Crippen molar-refractivity contribution < 1.29 is 14.3 Å². The molecule has 26 heavy (non-hydrogen) atoms. The van der Waals surface area contributed by atoms with Crippen LogP contribution in [0.2, 0.25) is 0 Å². The van der Waals surface area contributed by atoms with Crippen LogP contribution in [0.5, 0.6) is 0 Å². The molecule has 0 unspecified atom stereocenters. The van der Waals surface area contributed by atoms with Crippen molar-refractivity contribution in [2.45, 2.75) is 6.42 Å². The van der Waals surface area contributed by atoms with Gasteiger partial charge in [0.05, 0.1) is 11.3 Å². The predicted octanol–water partition coefficient (Wildman–Crippen LogP) is 3.71. The number of hydrogen-bond donors (Lipinski definition) is 3. The fraction of sp³-hybridized carbons (Fsp3) is 0.105. The third-order valence-corrected chi connectivity index (χ3v) is 3.69. The maximum absolute atomic E-state index is 12.9. The molecule has 1 aromatic heterocycles. The van der Waals surface area contributed by atoms with E-state index in [4.69, 9.17) is 0 Å². The molecule has 0 amide bonds. The lowest BCUT2D eigenvalue weighted by atomic mass is 10.1. The highest BCUT2D eigenvalue weighted by Gasteiger charge is 2.09. The maximum Gasteiger partial charge on any atom is 0.337 e. The van der Waals surface area contributed by atoms with Gasteiger partial charge in [0.1, 0.15) is 11.6 Å². The van der Waals surface area contributed by atoms with Crippen molar-refractivity contribution >= 4 is 23.4 Å². The number of anilines is 3. The lowest BCUT2D eigenvalue weighted by Gasteiger charge is -2.10. The van der Waals surface area contributed by atoms with Crippen LogP contribution >= 0.6 is 0 Å². The molecule has 0 spiro atoms. The Labute approximate surface area is 149 Å². The van der Waals surface area contributed by atoms with Gasteiger partial charge < -0.3 is 15.7 Å². The van der Waals surface area contributed by atoms with E-state index in [1.807, 2.05) is 0 Å². The van der Waals surface area contributed by atoms with Crippen molar-refractivity contribution in [2.75, 3.05) is 17.2 Å². The summed E-state index contributed by atoms with van der Waals surface area (Å²) < 4.78 is 12.9. The highest BCUT2D eigenvalue weighted by molar-refractivity contribution is 5.94. The molecule has 2 aromatic carbocycles. The summed E-state index contributed by atoms with van der Waals surface area (Å²) in [6.07, 6.45) is 2.28. The van der Waals surface area contributed by atoms with Crippen molar-refractivity contribution in [3.63, 3.8) is 0 Å². The minimum Gasteiger partial charge on any atom is -0.478 e. The minimum atomic E-state index is -1.01. The number of carboxylic acids is 1. The van der Waals surface area contributed by atoms with Crippen LogP contribution in [-0.4, -0.2) is 27.6 Å². The van der Waals surface area contributed by atoms with Gasteiger partial charge in [-0.25, -0.2) is 14.2 Å². The third-order valence-electron chi connectivity index (χ3n) is 3.69. The second-order valence-electron chi connectivity index (χ2n) is 5.54. The molecule has 0 radical (unpaired) electrons. The van der Waals surface area contributed by atoms with Crippen molar-refractivity contribution in [1.82, 2.24) is 9.97 Å². The molecule has 0 aliphatic carbocycles. The Bertz CT molecular complexity index is 900. The topological polar surface area (TPSA) is 87.1 Å². The quantitative estimate of drug-likeness (QED) is 0.601. The predicted molar refractivity (Wildman–Crippen MR) is 97.3 cm³/mol. The first-order chi connectivity index (χ1) is 12.6. The van der Waals surface area contributed by atoms with Crippen molar-refractivity contribution in [3.8, 4) is 0 Å². The molecular weight excluding hydrogens is 335 g/mol. The molecule has 0 fully saturated rings. The summed E-state index contributed by atoms with van der Waals surface area (Å²) >= 11 is 0. The average Bonchev–Trinajstić information content (AvgIpc) is 2.64. The van der Waals surface area contributed by atoms with E-state index in [0.29, 0.717) is 30.4 Å². The molecule has 6 nitrogen and oxygen atoms in total. The SMILES string of the molecule is O=C(O)c1ccccc1Nc1ccnc(NCCc2ccc(F)cc2)n1. The Morgan fingerprint density at radius 2 is 1.85 bits per heavy atom. The Balaban J connectivity index is 1.63. The van der Waals surface area contributed by atoms with Crippen LogP contribution in [0.25, 0.3) is 0 Å². The van der Waals surface area contributed by atoms with Gasteiger partial charge >= 0.3 is 5.97 Å². The Hall–Kier alpha value is -3.48. The Morgan fingerprint density at radius 1 is 1.08 bits per heavy atom. The number of aromatic carboxylic acids is 1. The molecule has 0 bridgehead atoms. The lowest BCUT2D eigenvalue weighted by Crippen LogP contribution is -2.09. The van der Waals surface area contributed by atoms with E-state index in [1.54, 1.807) is 42.6 Å². The first-order valence-corrected chi connectivity index (χ1v) is 8.02. The summed E-state index contributed by atoms with van der Waals surface area (Å²) in [5, 5.41) is 15.3. The first-order valence-electron chi connectivity index (χ1n) is 8.02. The van der Waals surface area contributed by atoms with Gasteiger partial charge in [0.25, 0.3) is 0 Å². The summed E-state index contributed by atoms with van der Waals surface area (Å²) in [6.45, 7) is 0.584. The van der Waals surface area contributed by atoms with Crippen LogP contribution in [0.4, 0.5) is 21.8 Å². The van der Waals surface area contributed by atoms with Gasteiger partial charge in [0.15, 0.2) is 0 Å². The number of carboxylic acid groups (broad SMARTS) is 1. The van der Waals surface area contributed by atoms with Crippen LogP contribution in [-0.2, 0) is 6.42 Å². The van der Waals surface area contributed by atoms with Gasteiger partial charge in [0.2, 0.25) is 5.95 Å². The largest absolute Gasteiger partial charge is 0.478 e. The highest BCUT2D eigenvalue weighted by atomic mass is 19.1. The molecule has 1 heterocycles. The van der Waals surface area contributed by atoms with E-state index >= 15 is 0 Å². The zero-order chi connectivity index (χ0) is 18.4. The molecule has 7 heteroatoms. The number of halogens is 1. The van der Waals surface area contributed by atoms with E-state index < -0.39 is 5.97 Å². The third kappa shape index (κ3) is 4.54. The van der Waals surface area contributed by atoms with Crippen LogP contribution in [0.3, 0.4) is 0 Å². The smallest absolute Gasteiger partial charge is 0.337 e. The summed E-state index contributed by atoms with van der Waals surface area (Å²) in [6, 6.07) is 14.6. The number of benzene rings is 2. The molecule has 0 saturated carbocycles. The number of carbonyl (C=O) groups is 1. The lowest BCUT2D eigenvalue weighted by molar-refractivity contribution is 0.0698. The molecule has 0 aliphatic rings. The second kappa shape index (κ2) is 8.06. The van der Waals surface area contributed by atoms with E-state index in [1.165, 1.54) is 18.2 Å². The number of nitrogens with zero attached hydrogens (tertiary/aromatic N) is 2. The van der Waals surface area contributed by atoms with E-state index in [0.717, 1.165) is 5.56 Å². The minimum absolute atomic E-state index is 0.164. The number of nitrogens with one attached hydrogen (secondary N) is 2. The van der Waals surface area contributed by atoms with Gasteiger partial charge in [-0.2, -0.15) is 4.98 Å². The fourth-order valence-corrected chi connectivity index (χ4v) is 2.40. The zero-order valence-electron chi connectivity index (χ0n) is 13.8. The molecule has 3 aromatic rings. The normalized spacial score (nSPS) is 10.3. The van der Waals surface area contributed by atoms with Gasteiger partial charge in [-0.05, 0) is 42.3 Å². The first kappa shape index (κ1) is 17.3. The molecule has 0 atom stereocenters. The van der Waals surface area contributed by atoms with Crippen LogP contribution in [0.1, 0.15) is 15.9 Å². The number of rotatable bonds is 7. The van der Waals surface area contributed by atoms with Crippen LogP contribution < -0.4 is 10.6 Å². The van der Waals surface area contributed by atoms with Gasteiger partial charge in [-0.3, -0.25) is 0 Å². The Morgan fingerprint density at radius 3 is 2.62 bits per heavy atom. The van der Waals surface area contributed by atoms with Gasteiger partial charge in [0, 0.05) is 12.7 Å². The molecule has 0 aliphatic heterocycles. The van der Waals surface area contributed by atoms with Gasteiger partial charge in [-0.15, -0.1) is 0 Å². The van der Waals surface area contributed by atoms with E-state index in [2.05, 4.69) is 20.6 Å². The monoisotopic (exact) mass is 352 g/mol. The zero-order valence-corrected chi connectivity index (χ0v) is 13.8. The van der Waals surface area contributed by atoms with Crippen molar-refractivity contribution in [2.24, 2.45) is 0 Å². The summed E-state index contributed by atoms with van der Waals surface area (Å²) in [5.41, 5.74) is 1.62. The standard InChI is InChI=1S/C19H17FN4O2/c20-14-7-5-13(6-8-14)9-11-21-19-22-12-10-17(24-19)23-16-4-2-1-3-15(16)18(25)26/h1-8,10,12H,9,11H2,(H,25,26)(H2,21,22,23,24). The van der Waals surface area contributed by atoms with Crippen molar-refractivity contribution in [1.29, 1.82) is 0 Å². The van der Waals surface area contributed by atoms with E-state index in [-0.39, 0.29) is 11.4 Å². The summed E-state index contributed by atoms with van der Waals surface area (Å²) in [5.74, 6) is -0.367. The van der Waals surface area contributed by atoms with Crippen molar-refractivity contribution in [3.05, 3.63) is 77.7 Å². The van der Waals surface area contributed by atoms with Crippen LogP contribution in [0, 0.1) is 5.82 Å². The second-order valence-corrected chi connectivity index (χ2v) is 5.54. The molecule has 3 rings (SSSR count). The average molecular weight is 352 g/mol. The van der Waals surface area contributed by atoms with Crippen LogP contribution in [0.15, 0.2) is 60.8 Å². The molecule has 132 valence electrons. The maximum atomic E-state index is 12.9. The number of hydrogen-bond acceptors (Lipinski definition) is 5. The molecule has 3 N–H and O–H groups in total. The summed E-state index contributed by atoms with van der Waals surface area (Å²) in [7, 11) is 0. The fourth-order valence-electron chi connectivity index (χ4n) is 2.40. The number of aromatic nitrogens is 2. The van der Waals surface area contributed by atoms with Gasteiger partial charge in [-0.1, -0.05) is 24.3 Å². The molecule has 0 saturated heterocycles. The highest BCUT2D eigenvalue weighted by Crippen LogP contribution is 2.20. The molecular formula is C19H17FN4O2.